The first kappa shape index (κ1) is 21.9. The van der Waals surface area contributed by atoms with Crippen LogP contribution >= 0.6 is 22.6 Å². The van der Waals surface area contributed by atoms with E-state index >= 15 is 0 Å². The van der Waals surface area contributed by atoms with Gasteiger partial charge in [0.25, 0.3) is 5.56 Å². The Hall–Kier alpha value is -1.31. The molecule has 2 aromatic rings. The van der Waals surface area contributed by atoms with E-state index in [9.17, 15) is 18.3 Å². The summed E-state index contributed by atoms with van der Waals surface area (Å²) in [7, 11) is -3.17. The van der Waals surface area contributed by atoms with Gasteiger partial charge in [-0.15, -0.1) is 0 Å². The molecule has 0 radical (unpaired) electrons. The lowest BCUT2D eigenvalue weighted by molar-refractivity contribution is 0.0266. The van der Waals surface area contributed by atoms with Crippen molar-refractivity contribution in [2.75, 3.05) is 24.7 Å². The molecule has 2 fully saturated rings. The van der Waals surface area contributed by atoms with E-state index in [1.54, 1.807) is 23.8 Å². The average molecular weight is 547 g/mol. The number of sulfonamides is 1. The number of halogens is 1. The van der Waals surface area contributed by atoms with Crippen molar-refractivity contribution in [3.05, 3.63) is 26.2 Å². The highest BCUT2D eigenvalue weighted by molar-refractivity contribution is 14.1. The number of nitrogens with one attached hydrogen (secondary N) is 1. The van der Waals surface area contributed by atoms with Gasteiger partial charge in [0, 0.05) is 30.7 Å². The molecular weight excluding hydrogens is 521 g/mol. The van der Waals surface area contributed by atoms with Crippen LogP contribution in [0.2, 0.25) is 0 Å². The summed E-state index contributed by atoms with van der Waals surface area (Å²) in [5, 5.41) is 14.9. The van der Waals surface area contributed by atoms with E-state index in [1.165, 1.54) is 10.6 Å². The molecule has 2 atom stereocenters. The molecule has 11 heteroatoms. The first-order chi connectivity index (χ1) is 14.1. The zero-order chi connectivity index (χ0) is 21.7. The molecule has 2 N–H and O–H groups in total. The Kier molecular flexibility index (Phi) is 5.83. The Labute approximate surface area is 189 Å². The Morgan fingerprint density at radius 2 is 2.00 bits per heavy atom. The average Bonchev–Trinajstić information content (AvgIpc) is 3.02. The molecule has 9 nitrogen and oxygen atoms in total. The fraction of sp³-hybridized carbons (Fsp3) is 0.632. The lowest BCUT2D eigenvalue weighted by atomic mass is 10.00. The third-order valence-corrected chi connectivity index (χ3v) is 8.25. The predicted octanol–water partition coefficient (Wildman–Crippen LogP) is 1.71. The van der Waals surface area contributed by atoms with E-state index in [4.69, 9.17) is 0 Å². The highest BCUT2D eigenvalue weighted by Gasteiger charge is 2.39. The van der Waals surface area contributed by atoms with Gasteiger partial charge in [-0.2, -0.15) is 4.98 Å². The molecule has 2 aliphatic rings. The first-order valence-corrected chi connectivity index (χ1v) is 13.0. The molecule has 1 aliphatic carbocycles. The second-order valence-electron chi connectivity index (χ2n) is 8.49. The maximum Gasteiger partial charge on any atom is 0.266 e. The maximum absolute atomic E-state index is 13.0. The Morgan fingerprint density at radius 1 is 1.30 bits per heavy atom. The number of pyridine rings is 1. The van der Waals surface area contributed by atoms with Gasteiger partial charge in [0.1, 0.15) is 5.65 Å². The van der Waals surface area contributed by atoms with Crippen molar-refractivity contribution < 1.29 is 13.5 Å². The smallest absolute Gasteiger partial charge is 0.266 e. The van der Waals surface area contributed by atoms with E-state index in [-0.39, 0.29) is 17.6 Å². The fourth-order valence-electron chi connectivity index (χ4n) is 4.50. The predicted molar refractivity (Wildman–Crippen MR) is 123 cm³/mol. The van der Waals surface area contributed by atoms with Gasteiger partial charge in [-0.25, -0.2) is 17.7 Å². The van der Waals surface area contributed by atoms with Gasteiger partial charge >= 0.3 is 0 Å². The minimum atomic E-state index is -3.17. The Morgan fingerprint density at radius 3 is 2.60 bits per heavy atom. The van der Waals surface area contributed by atoms with E-state index in [1.807, 2.05) is 22.6 Å². The zero-order valence-corrected chi connectivity index (χ0v) is 20.0. The number of aromatic nitrogens is 3. The molecule has 1 saturated heterocycles. The number of rotatable bonds is 4. The summed E-state index contributed by atoms with van der Waals surface area (Å²) in [5.41, 5.74) is -0.599. The van der Waals surface area contributed by atoms with Crippen molar-refractivity contribution in [1.29, 1.82) is 0 Å². The van der Waals surface area contributed by atoms with Crippen LogP contribution in [0.25, 0.3) is 11.0 Å². The number of aliphatic hydroxyl groups is 1. The fourth-order valence-corrected chi connectivity index (χ4v) is 5.97. The van der Waals surface area contributed by atoms with Gasteiger partial charge in [-0.3, -0.25) is 9.36 Å². The number of fused-ring (bicyclic) bond motifs is 1. The number of anilines is 1. The van der Waals surface area contributed by atoms with Crippen LogP contribution in [-0.4, -0.2) is 63.4 Å². The summed E-state index contributed by atoms with van der Waals surface area (Å²) in [6, 6.07) is 1.49. The van der Waals surface area contributed by atoms with E-state index in [2.05, 4.69) is 15.3 Å². The number of nitrogens with zero attached hydrogens (tertiary/aromatic N) is 4. The Bertz CT molecular complexity index is 1130. The van der Waals surface area contributed by atoms with Gasteiger partial charge < -0.3 is 10.4 Å². The van der Waals surface area contributed by atoms with Crippen LogP contribution in [0.3, 0.4) is 0 Å². The molecule has 3 heterocycles. The van der Waals surface area contributed by atoms with Crippen molar-refractivity contribution in [2.24, 2.45) is 0 Å². The number of hydrogen-bond donors (Lipinski definition) is 2. The van der Waals surface area contributed by atoms with E-state index in [0.717, 1.165) is 18.2 Å². The summed E-state index contributed by atoms with van der Waals surface area (Å²) in [4.78, 5) is 22.0. The van der Waals surface area contributed by atoms with Crippen LogP contribution in [-0.2, 0) is 10.0 Å². The van der Waals surface area contributed by atoms with Crippen LogP contribution in [0.15, 0.2) is 17.1 Å². The molecule has 0 bridgehead atoms. The van der Waals surface area contributed by atoms with Crippen LogP contribution in [0.1, 0.15) is 45.1 Å². The molecule has 0 spiro atoms. The minimum absolute atomic E-state index is 0.0547. The van der Waals surface area contributed by atoms with Crippen molar-refractivity contribution in [3.63, 3.8) is 0 Å². The van der Waals surface area contributed by atoms with Gasteiger partial charge in [0.15, 0.2) is 0 Å². The second-order valence-corrected chi connectivity index (χ2v) is 11.6. The molecule has 1 aliphatic heterocycles. The molecule has 4 rings (SSSR count). The number of hydrogen-bond acceptors (Lipinski definition) is 7. The topological polar surface area (TPSA) is 117 Å². The molecule has 2 unspecified atom stereocenters. The third kappa shape index (κ3) is 4.21. The highest BCUT2D eigenvalue weighted by Crippen LogP contribution is 2.39. The monoisotopic (exact) mass is 547 g/mol. The zero-order valence-electron chi connectivity index (χ0n) is 17.0. The van der Waals surface area contributed by atoms with Crippen LogP contribution in [0, 0.1) is 3.57 Å². The number of piperidine rings is 1. The van der Waals surface area contributed by atoms with Crippen molar-refractivity contribution in [2.45, 2.75) is 56.7 Å². The Balaban J connectivity index is 1.65. The van der Waals surface area contributed by atoms with Gasteiger partial charge in [-0.05, 0) is 67.7 Å². The summed E-state index contributed by atoms with van der Waals surface area (Å²) in [6.45, 7) is 2.69. The molecule has 0 amide bonds. The largest absolute Gasteiger partial charge is 0.388 e. The minimum Gasteiger partial charge on any atom is -0.388 e. The molecule has 30 heavy (non-hydrogen) atoms. The van der Waals surface area contributed by atoms with Crippen LogP contribution in [0.5, 0.6) is 0 Å². The lowest BCUT2D eigenvalue weighted by Gasteiger charge is -2.31. The van der Waals surface area contributed by atoms with Gasteiger partial charge in [0.05, 0.1) is 21.5 Å². The third-order valence-electron chi connectivity index (χ3n) is 6.18. The van der Waals surface area contributed by atoms with Gasteiger partial charge in [0.2, 0.25) is 16.0 Å². The molecule has 2 aromatic heterocycles. The van der Waals surface area contributed by atoms with Crippen molar-refractivity contribution >= 4 is 49.6 Å². The summed E-state index contributed by atoms with van der Waals surface area (Å²) >= 11 is 2.02. The molecular formula is C19H26IN5O4S. The SMILES string of the molecule is CC1(O)CCCC1n1c(=O)c(I)cc2cnc(NC3CCN(S(C)(=O)=O)CC3)nc21. The molecule has 0 aromatic carbocycles. The normalized spacial score (nSPS) is 26.3. The summed E-state index contributed by atoms with van der Waals surface area (Å²) < 4.78 is 27.1. The van der Waals surface area contributed by atoms with Crippen LogP contribution in [0.4, 0.5) is 5.95 Å². The molecule has 1 saturated carbocycles. The van der Waals surface area contributed by atoms with Gasteiger partial charge in [-0.1, -0.05) is 0 Å². The van der Waals surface area contributed by atoms with E-state index in [0.29, 0.717) is 47.5 Å². The summed E-state index contributed by atoms with van der Waals surface area (Å²) in [5.74, 6) is 0.410. The van der Waals surface area contributed by atoms with Crippen molar-refractivity contribution in [3.8, 4) is 0 Å². The highest BCUT2D eigenvalue weighted by atomic mass is 127. The maximum atomic E-state index is 13.0. The second kappa shape index (κ2) is 7.99. The standard InChI is InChI=1S/C19H26IN5O4S/c1-19(27)7-3-4-15(19)25-16-12(10-14(20)17(25)26)11-21-18(23-16)22-13-5-8-24(9-6-13)30(2,28)29/h10-11,13,15,27H,3-9H2,1-2H3,(H,21,22,23). The summed E-state index contributed by atoms with van der Waals surface area (Å²) in [6.07, 6.45) is 6.46. The lowest BCUT2D eigenvalue weighted by Crippen LogP contribution is -2.42. The quantitative estimate of drug-likeness (QED) is 0.560. The van der Waals surface area contributed by atoms with Crippen molar-refractivity contribution in [1.82, 2.24) is 18.8 Å². The van der Waals surface area contributed by atoms with Crippen LogP contribution < -0.4 is 10.9 Å². The molecule has 164 valence electrons. The first-order valence-electron chi connectivity index (χ1n) is 10.1. The van der Waals surface area contributed by atoms with E-state index < -0.39 is 15.6 Å².